The zero-order chi connectivity index (χ0) is 20.0. The van der Waals surface area contributed by atoms with E-state index in [2.05, 4.69) is 19.5 Å². The molecule has 1 fully saturated rings. The van der Waals surface area contributed by atoms with Gasteiger partial charge in [0.05, 0.1) is 6.61 Å². The molecule has 14 nitrogen and oxygen atoms in total. The van der Waals surface area contributed by atoms with Gasteiger partial charge in [-0.1, -0.05) is 4.98 Å². The Morgan fingerprint density at radius 1 is 1.22 bits per heavy atom. The summed E-state index contributed by atoms with van der Waals surface area (Å²) in [6.07, 6.45) is -3.10. The highest BCUT2D eigenvalue weighted by molar-refractivity contribution is 8.54. The van der Waals surface area contributed by atoms with Crippen LogP contribution in [0.4, 0.5) is 0 Å². The number of hydrogen-bond donors (Lipinski definition) is 7. The van der Waals surface area contributed by atoms with Gasteiger partial charge in [0.2, 0.25) is 11.7 Å². The zero-order valence-corrected chi connectivity index (χ0v) is 15.7. The molecule has 1 aliphatic rings. The average Bonchev–Trinajstić information content (AvgIpc) is 3.07. The maximum atomic E-state index is 11.2. The number of phosphoric ester groups is 1. The van der Waals surface area contributed by atoms with Gasteiger partial charge in [-0.3, -0.25) is 9.51 Å². The lowest BCUT2D eigenvalue weighted by atomic mass is 10.1. The lowest BCUT2D eigenvalue weighted by Crippen LogP contribution is -2.45. The zero-order valence-electron chi connectivity index (χ0n) is 13.1. The maximum absolute atomic E-state index is 11.2. The van der Waals surface area contributed by atoms with E-state index in [1.807, 2.05) is 0 Å². The number of phosphoric acid groups is 1. The Balaban J connectivity index is 1.88. The van der Waals surface area contributed by atoms with Crippen LogP contribution in [0.5, 0.6) is 0 Å². The van der Waals surface area contributed by atoms with Gasteiger partial charge in [0.1, 0.15) is 18.3 Å². The number of rotatable bonds is 6. The normalized spacial score (nSPS) is 26.7. The van der Waals surface area contributed by atoms with Crippen molar-refractivity contribution in [1.82, 2.24) is 15.0 Å². The molecule has 0 saturated carbocycles. The summed E-state index contributed by atoms with van der Waals surface area (Å²) in [4.78, 5) is 46.2. The molecule has 4 atom stereocenters. The number of ether oxygens (including phenoxy) is 1. The first-order valence-electron chi connectivity index (χ1n) is 7.16. The molecule has 7 N–H and O–H groups in total. The van der Waals surface area contributed by atoms with E-state index in [-0.39, 0.29) is 27.6 Å². The van der Waals surface area contributed by atoms with Crippen molar-refractivity contribution in [2.24, 2.45) is 0 Å². The van der Waals surface area contributed by atoms with Gasteiger partial charge >= 0.3 is 20.3 Å². The molecule has 3 heterocycles. The van der Waals surface area contributed by atoms with Gasteiger partial charge in [-0.05, 0) is 0 Å². The summed E-state index contributed by atoms with van der Waals surface area (Å²) < 4.78 is 33.0. The topological polar surface area (TPSA) is 219 Å². The summed E-state index contributed by atoms with van der Waals surface area (Å²) in [5.41, 5.74) is 0.278. The van der Waals surface area contributed by atoms with Crippen LogP contribution in [0.3, 0.4) is 0 Å². The van der Waals surface area contributed by atoms with E-state index in [9.17, 15) is 19.3 Å². The number of aromatic nitrogens is 4. The van der Waals surface area contributed by atoms with Crippen molar-refractivity contribution in [3.05, 3.63) is 12.7 Å². The molecule has 3 rings (SSSR count). The highest BCUT2D eigenvalue weighted by atomic mass is 32.7. The number of H-pyrrole nitrogens is 1. The fourth-order valence-corrected chi connectivity index (χ4v) is 4.51. The molecule has 2 aromatic heterocycles. The molecule has 0 bridgehead atoms. The number of nitrogens with one attached hydrogen (secondary N) is 1. The standard InChI is InChI=1S/C10H14N4O10P2S/c15-6-4(1-23-25(17,18)19)24-10(7(6)16)14-3-13-5-8(14)11-2-12-9(5)27-26(20,21)22/h2-4,6-7,10,15-16H,1H2,(H4,17,18,19,20,21,22)/p+1. The van der Waals surface area contributed by atoms with Crippen molar-refractivity contribution in [1.29, 1.82) is 0 Å². The van der Waals surface area contributed by atoms with Crippen LogP contribution in [0.25, 0.3) is 11.2 Å². The summed E-state index contributed by atoms with van der Waals surface area (Å²) in [7, 11) is -4.79. The monoisotopic (exact) mass is 445 g/mol. The molecule has 1 saturated heterocycles. The molecule has 17 heteroatoms. The first kappa shape index (κ1) is 20.8. The Morgan fingerprint density at radius 2 is 1.93 bits per heavy atom. The molecule has 0 aromatic carbocycles. The number of fused-ring (bicyclic) bond motifs is 1. The van der Waals surface area contributed by atoms with Crippen LogP contribution in [0.1, 0.15) is 6.23 Å². The third kappa shape index (κ3) is 4.72. The van der Waals surface area contributed by atoms with Gasteiger partial charge in [0.25, 0.3) is 0 Å². The van der Waals surface area contributed by atoms with Crippen LogP contribution in [0.2, 0.25) is 0 Å². The second kappa shape index (κ2) is 7.46. The van der Waals surface area contributed by atoms with Gasteiger partial charge < -0.3 is 34.5 Å². The second-order valence-corrected chi connectivity index (χ2v) is 10.2. The van der Waals surface area contributed by atoms with Crippen molar-refractivity contribution >= 4 is 37.2 Å². The number of aromatic amines is 1. The first-order chi connectivity index (χ1) is 12.5. The van der Waals surface area contributed by atoms with E-state index in [4.69, 9.17) is 24.3 Å². The minimum atomic E-state index is -4.79. The Hall–Kier alpha value is -0.960. The predicted octanol–water partition coefficient (Wildman–Crippen LogP) is -1.84. The SMILES string of the molecule is O=P(O)(O)OCC1OC([n+]2c[nH]c3c(SP(=O)(O)O)ncnc32)C(O)C1O. The van der Waals surface area contributed by atoms with Crippen LogP contribution in [-0.4, -0.2) is 69.7 Å². The molecule has 0 aliphatic carbocycles. The van der Waals surface area contributed by atoms with E-state index >= 15 is 0 Å². The van der Waals surface area contributed by atoms with Crippen molar-refractivity contribution < 1.29 is 52.7 Å². The van der Waals surface area contributed by atoms with Gasteiger partial charge in [0.15, 0.2) is 17.7 Å². The van der Waals surface area contributed by atoms with Gasteiger partial charge in [-0.15, -0.1) is 0 Å². The van der Waals surface area contributed by atoms with E-state index in [0.717, 1.165) is 6.33 Å². The van der Waals surface area contributed by atoms with Crippen LogP contribution >= 0.6 is 26.0 Å². The van der Waals surface area contributed by atoms with Crippen molar-refractivity contribution in [3.63, 3.8) is 0 Å². The molecule has 150 valence electrons. The smallest absolute Gasteiger partial charge is 0.387 e. The summed E-state index contributed by atoms with van der Waals surface area (Å²) in [6, 6.07) is 0. The number of imidazole rings is 1. The molecule has 0 radical (unpaired) electrons. The molecular weight excluding hydrogens is 430 g/mol. The molecular formula is C10H15N4O10P2S+. The van der Waals surface area contributed by atoms with E-state index in [1.165, 1.54) is 10.9 Å². The second-order valence-electron chi connectivity index (χ2n) is 5.47. The Kier molecular flexibility index (Phi) is 5.74. The summed E-state index contributed by atoms with van der Waals surface area (Å²) in [6.45, 7) is -5.15. The highest BCUT2D eigenvalue weighted by Crippen LogP contribution is 2.54. The van der Waals surface area contributed by atoms with E-state index < -0.39 is 45.8 Å². The molecule has 0 amide bonds. The fraction of sp³-hybridized carbons (Fsp3) is 0.500. The highest BCUT2D eigenvalue weighted by Gasteiger charge is 2.47. The minimum Gasteiger partial charge on any atom is -0.387 e. The Bertz CT molecular complexity index is 930. The summed E-state index contributed by atoms with van der Waals surface area (Å²) in [5, 5.41) is 20.2. The Morgan fingerprint density at radius 3 is 2.56 bits per heavy atom. The number of aliphatic hydroxyl groups is 2. The van der Waals surface area contributed by atoms with E-state index in [1.54, 1.807) is 0 Å². The maximum Gasteiger partial charge on any atom is 0.469 e. The van der Waals surface area contributed by atoms with Gasteiger partial charge in [-0.25, -0.2) is 18.7 Å². The molecule has 27 heavy (non-hydrogen) atoms. The van der Waals surface area contributed by atoms with E-state index in [0.29, 0.717) is 0 Å². The quantitative estimate of drug-likeness (QED) is 0.148. The van der Waals surface area contributed by atoms with Crippen molar-refractivity contribution in [2.75, 3.05) is 6.61 Å². The first-order valence-corrected chi connectivity index (χ1v) is 11.7. The predicted molar refractivity (Wildman–Crippen MR) is 85.9 cm³/mol. The molecule has 2 aromatic rings. The third-order valence-corrected chi connectivity index (χ3v) is 6.05. The molecule has 1 aliphatic heterocycles. The van der Waals surface area contributed by atoms with Gasteiger partial charge in [-0.2, -0.15) is 0 Å². The number of nitrogens with zero attached hydrogens (tertiary/aromatic N) is 3. The summed E-state index contributed by atoms with van der Waals surface area (Å²) in [5.74, 6) is 0. The van der Waals surface area contributed by atoms with Crippen LogP contribution < -0.4 is 4.57 Å². The Labute approximate surface area is 154 Å². The van der Waals surface area contributed by atoms with Crippen LogP contribution in [0, 0.1) is 0 Å². The molecule has 0 spiro atoms. The molecule has 4 unspecified atom stereocenters. The lowest BCUT2D eigenvalue weighted by molar-refractivity contribution is -0.745. The van der Waals surface area contributed by atoms with Gasteiger partial charge in [0, 0.05) is 11.4 Å². The minimum absolute atomic E-state index is 0.0403. The number of hydrogen-bond acceptors (Lipinski definition) is 9. The lowest BCUT2D eigenvalue weighted by Gasteiger charge is -2.14. The van der Waals surface area contributed by atoms with Crippen molar-refractivity contribution in [2.45, 2.75) is 29.6 Å². The average molecular weight is 445 g/mol. The van der Waals surface area contributed by atoms with Crippen LogP contribution in [0.15, 0.2) is 17.7 Å². The number of aliphatic hydroxyl groups excluding tert-OH is 2. The summed E-state index contributed by atoms with van der Waals surface area (Å²) >= 11 is 0.211. The van der Waals surface area contributed by atoms with Crippen LogP contribution in [-0.2, 0) is 18.4 Å². The van der Waals surface area contributed by atoms with Crippen molar-refractivity contribution in [3.8, 4) is 0 Å². The third-order valence-electron chi connectivity index (χ3n) is 3.61. The largest absolute Gasteiger partial charge is 0.469 e. The fourth-order valence-electron chi connectivity index (χ4n) is 2.52.